The van der Waals surface area contributed by atoms with E-state index < -0.39 is 35.5 Å². The van der Waals surface area contributed by atoms with Crippen LogP contribution in [0.4, 0.5) is 29.3 Å². The Hall–Kier alpha value is -4.61. The number of amides is 4. The molecular weight excluding hydrogens is 491 g/mol. The second kappa shape index (κ2) is 12.9. The summed E-state index contributed by atoms with van der Waals surface area (Å²) in [4.78, 5) is 39.5. The number of allylic oxidation sites excluding steroid dienone is 2. The third-order valence-corrected chi connectivity index (χ3v) is 4.65. The Morgan fingerprint density at radius 3 is 2.49 bits per heavy atom. The van der Waals surface area contributed by atoms with Crippen molar-refractivity contribution in [3.63, 3.8) is 0 Å². The summed E-state index contributed by atoms with van der Waals surface area (Å²) in [6, 6.07) is 5.24. The molecule has 1 aromatic carbocycles. The fourth-order valence-corrected chi connectivity index (χ4v) is 2.88. The quantitative estimate of drug-likeness (QED) is 0.285. The van der Waals surface area contributed by atoms with Crippen LogP contribution in [0.15, 0.2) is 73.1 Å². The summed E-state index contributed by atoms with van der Waals surface area (Å²) in [5.41, 5.74) is -1.20. The van der Waals surface area contributed by atoms with E-state index in [-0.39, 0.29) is 17.3 Å². The zero-order chi connectivity index (χ0) is 27.6. The van der Waals surface area contributed by atoms with Gasteiger partial charge >= 0.3 is 12.2 Å². The third kappa shape index (κ3) is 8.84. The number of urea groups is 1. The van der Waals surface area contributed by atoms with Gasteiger partial charge in [-0.15, -0.1) is 0 Å². The largest absolute Gasteiger partial charge is 0.487 e. The number of carbonyl (C=O) groups is 3. The van der Waals surface area contributed by atoms with Crippen molar-refractivity contribution in [1.29, 1.82) is 0 Å². The number of halogens is 3. The van der Waals surface area contributed by atoms with Gasteiger partial charge in [-0.1, -0.05) is 12.7 Å². The SMILES string of the molecule is C=CC(=O)Nc1ccc(NC(=O)NC(C=CC(C)Oc2ccnc(C(=O)NC)c2)=CC)cc1C(F)(F)F. The number of nitrogens with zero attached hydrogens (tertiary/aromatic N) is 1. The highest BCUT2D eigenvalue weighted by molar-refractivity contribution is 6.00. The molecule has 1 heterocycles. The third-order valence-electron chi connectivity index (χ3n) is 4.65. The molecule has 1 unspecified atom stereocenters. The van der Waals surface area contributed by atoms with Crippen molar-refractivity contribution in [2.45, 2.75) is 26.1 Å². The number of hydrogen-bond donors (Lipinski definition) is 4. The molecule has 0 saturated carbocycles. The standard InChI is InChI=1S/C25H26F3N5O4/c1-5-16(8-7-15(3)37-18-11-12-30-21(14-18)23(35)29-4)31-24(36)32-17-9-10-20(33-22(34)6-2)19(13-17)25(26,27)28/h5-15H,2H2,1,3-4H3,(H,29,35)(H,33,34)(H2,31,32,36). The van der Waals surface area contributed by atoms with Gasteiger partial charge in [-0.3, -0.25) is 14.6 Å². The summed E-state index contributed by atoms with van der Waals surface area (Å²) in [5.74, 6) is -0.757. The topological polar surface area (TPSA) is 121 Å². The summed E-state index contributed by atoms with van der Waals surface area (Å²) in [5, 5.41) is 9.41. The molecule has 4 N–H and O–H groups in total. The Balaban J connectivity index is 2.04. The average molecular weight is 518 g/mol. The summed E-state index contributed by atoms with van der Waals surface area (Å²) < 4.78 is 46.0. The number of carbonyl (C=O) groups excluding carboxylic acids is 3. The minimum atomic E-state index is -4.78. The van der Waals surface area contributed by atoms with Gasteiger partial charge in [0, 0.05) is 30.7 Å². The highest BCUT2D eigenvalue weighted by Crippen LogP contribution is 2.36. The number of alkyl halides is 3. The molecule has 0 radical (unpaired) electrons. The summed E-state index contributed by atoms with van der Waals surface area (Å²) in [7, 11) is 1.48. The van der Waals surface area contributed by atoms with Crippen LogP contribution in [-0.2, 0) is 11.0 Å². The van der Waals surface area contributed by atoms with Crippen LogP contribution < -0.4 is 26.0 Å². The Bertz CT molecular complexity index is 1230. The Labute approximate surface area is 211 Å². The van der Waals surface area contributed by atoms with Gasteiger partial charge in [0.25, 0.3) is 5.91 Å². The summed E-state index contributed by atoms with van der Waals surface area (Å²) >= 11 is 0. The number of aromatic nitrogens is 1. The smallest absolute Gasteiger partial charge is 0.418 e. The molecule has 0 spiro atoms. The number of rotatable bonds is 9. The molecule has 12 heteroatoms. The van der Waals surface area contributed by atoms with Crippen LogP contribution in [0.5, 0.6) is 5.75 Å². The first-order valence-corrected chi connectivity index (χ1v) is 10.9. The molecule has 37 heavy (non-hydrogen) atoms. The predicted molar refractivity (Wildman–Crippen MR) is 133 cm³/mol. The van der Waals surface area contributed by atoms with Crippen LogP contribution in [0.2, 0.25) is 0 Å². The maximum atomic E-state index is 13.4. The maximum Gasteiger partial charge on any atom is 0.418 e. The fourth-order valence-electron chi connectivity index (χ4n) is 2.88. The second-order valence-corrected chi connectivity index (χ2v) is 7.41. The van der Waals surface area contributed by atoms with E-state index >= 15 is 0 Å². The van der Waals surface area contributed by atoms with Gasteiger partial charge in [0.15, 0.2) is 0 Å². The molecule has 1 aromatic heterocycles. The molecule has 0 bridgehead atoms. The van der Waals surface area contributed by atoms with Crippen LogP contribution in [0.1, 0.15) is 29.9 Å². The normalized spacial score (nSPS) is 12.4. The van der Waals surface area contributed by atoms with Gasteiger partial charge in [0.1, 0.15) is 17.5 Å². The Kier molecular flexibility index (Phi) is 9.99. The number of anilines is 2. The minimum Gasteiger partial charge on any atom is -0.487 e. The van der Waals surface area contributed by atoms with Gasteiger partial charge in [0.2, 0.25) is 5.91 Å². The summed E-state index contributed by atoms with van der Waals surface area (Å²) in [6.45, 7) is 6.59. The van der Waals surface area contributed by atoms with Crippen LogP contribution in [-0.4, -0.2) is 36.0 Å². The molecule has 4 amide bonds. The van der Waals surface area contributed by atoms with Crippen molar-refractivity contribution in [3.05, 3.63) is 84.4 Å². The first kappa shape index (κ1) is 28.6. The first-order valence-electron chi connectivity index (χ1n) is 10.9. The molecule has 0 saturated heterocycles. The predicted octanol–water partition coefficient (Wildman–Crippen LogP) is 4.63. The zero-order valence-electron chi connectivity index (χ0n) is 20.3. The molecule has 1 atom stereocenters. The van der Waals surface area contributed by atoms with E-state index in [0.29, 0.717) is 17.5 Å². The van der Waals surface area contributed by atoms with Crippen molar-refractivity contribution in [3.8, 4) is 5.75 Å². The zero-order valence-corrected chi connectivity index (χ0v) is 20.3. The van der Waals surface area contributed by atoms with Gasteiger partial charge in [-0.05, 0) is 56.3 Å². The van der Waals surface area contributed by atoms with Gasteiger partial charge in [0.05, 0.1) is 11.3 Å². The first-order chi connectivity index (χ1) is 17.5. The van der Waals surface area contributed by atoms with E-state index in [1.807, 2.05) is 0 Å². The molecule has 0 aliphatic rings. The van der Waals surface area contributed by atoms with Crippen LogP contribution >= 0.6 is 0 Å². The monoisotopic (exact) mass is 517 g/mol. The molecule has 2 aromatic rings. The highest BCUT2D eigenvalue weighted by atomic mass is 19.4. The number of benzene rings is 1. The van der Waals surface area contributed by atoms with E-state index in [1.165, 1.54) is 25.4 Å². The van der Waals surface area contributed by atoms with E-state index in [0.717, 1.165) is 12.1 Å². The molecule has 9 nitrogen and oxygen atoms in total. The minimum absolute atomic E-state index is 0.137. The van der Waals surface area contributed by atoms with E-state index in [1.54, 1.807) is 38.1 Å². The van der Waals surface area contributed by atoms with Crippen LogP contribution in [0, 0.1) is 0 Å². The van der Waals surface area contributed by atoms with Crippen molar-refractivity contribution in [1.82, 2.24) is 15.6 Å². The number of pyridine rings is 1. The van der Waals surface area contributed by atoms with E-state index in [4.69, 9.17) is 4.74 Å². The van der Waals surface area contributed by atoms with Crippen LogP contribution in [0.3, 0.4) is 0 Å². The summed E-state index contributed by atoms with van der Waals surface area (Å²) in [6.07, 6.45) is 1.80. The van der Waals surface area contributed by atoms with Crippen molar-refractivity contribution in [2.24, 2.45) is 0 Å². The lowest BCUT2D eigenvalue weighted by molar-refractivity contribution is -0.136. The molecular formula is C25H26F3N5O4. The lowest BCUT2D eigenvalue weighted by Gasteiger charge is -2.16. The lowest BCUT2D eigenvalue weighted by Crippen LogP contribution is -2.28. The highest BCUT2D eigenvalue weighted by Gasteiger charge is 2.34. The maximum absolute atomic E-state index is 13.4. The molecule has 0 aliphatic carbocycles. The van der Waals surface area contributed by atoms with Gasteiger partial charge < -0.3 is 26.0 Å². The Morgan fingerprint density at radius 2 is 1.86 bits per heavy atom. The molecule has 0 aliphatic heterocycles. The lowest BCUT2D eigenvalue weighted by atomic mass is 10.1. The van der Waals surface area contributed by atoms with Crippen molar-refractivity contribution >= 4 is 29.2 Å². The number of hydrogen-bond acceptors (Lipinski definition) is 5. The van der Waals surface area contributed by atoms with Crippen LogP contribution in [0.25, 0.3) is 0 Å². The van der Waals surface area contributed by atoms with Gasteiger partial charge in [-0.2, -0.15) is 13.2 Å². The number of nitrogens with one attached hydrogen (secondary N) is 4. The molecule has 0 fully saturated rings. The van der Waals surface area contributed by atoms with E-state index in [9.17, 15) is 27.6 Å². The Morgan fingerprint density at radius 1 is 1.14 bits per heavy atom. The van der Waals surface area contributed by atoms with E-state index in [2.05, 4.69) is 32.8 Å². The van der Waals surface area contributed by atoms with Crippen molar-refractivity contribution in [2.75, 3.05) is 17.7 Å². The second-order valence-electron chi connectivity index (χ2n) is 7.41. The number of ether oxygens (including phenoxy) is 1. The average Bonchev–Trinajstić information content (AvgIpc) is 2.86. The fraction of sp³-hybridized carbons (Fsp3) is 0.200. The molecule has 2 rings (SSSR count). The molecule has 196 valence electrons. The van der Waals surface area contributed by atoms with Crippen molar-refractivity contribution < 1.29 is 32.3 Å². The van der Waals surface area contributed by atoms with Gasteiger partial charge in [-0.25, -0.2) is 4.79 Å².